The van der Waals surface area contributed by atoms with Crippen molar-refractivity contribution in [3.8, 4) is 5.75 Å². The normalized spacial score (nSPS) is 10.4. The van der Waals surface area contributed by atoms with Crippen molar-refractivity contribution in [2.24, 2.45) is 5.73 Å². The number of para-hydroxylation sites is 2. The van der Waals surface area contributed by atoms with Crippen LogP contribution in [0.1, 0.15) is 0 Å². The van der Waals surface area contributed by atoms with Crippen LogP contribution in [-0.2, 0) is 9.59 Å². The Bertz CT molecular complexity index is 512. The SMILES string of the molecule is Cl.NCC(=O)NCC(=O)Nc1ccccc1OCC(F)(F)F. The molecule has 0 spiro atoms. The van der Waals surface area contributed by atoms with E-state index in [9.17, 15) is 22.8 Å². The standard InChI is InChI=1S/C12H14F3N3O3.ClH/c13-12(14,15)7-21-9-4-2-1-3-8(9)18-11(20)6-17-10(19)5-16;/h1-4H,5-7,16H2,(H,17,19)(H,18,20);1H. The fourth-order valence-electron chi connectivity index (χ4n) is 1.30. The number of nitrogens with two attached hydrogens (primary N) is 1. The van der Waals surface area contributed by atoms with Crippen LogP contribution in [0.2, 0.25) is 0 Å². The average Bonchev–Trinajstić information content (AvgIpc) is 2.43. The Labute approximate surface area is 130 Å². The summed E-state index contributed by atoms with van der Waals surface area (Å²) in [5.74, 6) is -1.25. The Morgan fingerprint density at radius 2 is 1.82 bits per heavy atom. The second-order valence-corrected chi connectivity index (χ2v) is 3.93. The second kappa shape index (κ2) is 9.11. The summed E-state index contributed by atoms with van der Waals surface area (Å²) in [7, 11) is 0. The third kappa shape index (κ3) is 7.70. The summed E-state index contributed by atoms with van der Waals surface area (Å²) in [6.45, 7) is -2.08. The molecule has 4 N–H and O–H groups in total. The third-order valence-corrected chi connectivity index (χ3v) is 2.18. The highest BCUT2D eigenvalue weighted by Gasteiger charge is 2.28. The molecule has 0 fully saturated rings. The molecule has 0 saturated heterocycles. The molecule has 0 aromatic heterocycles. The van der Waals surface area contributed by atoms with E-state index in [4.69, 9.17) is 5.73 Å². The highest BCUT2D eigenvalue weighted by atomic mass is 35.5. The minimum atomic E-state index is -4.48. The summed E-state index contributed by atoms with van der Waals surface area (Å²) >= 11 is 0. The maximum atomic E-state index is 12.1. The van der Waals surface area contributed by atoms with Gasteiger partial charge in [-0.1, -0.05) is 12.1 Å². The smallest absolute Gasteiger partial charge is 0.422 e. The number of hydrogen-bond acceptors (Lipinski definition) is 4. The monoisotopic (exact) mass is 341 g/mol. The Morgan fingerprint density at radius 1 is 1.18 bits per heavy atom. The lowest BCUT2D eigenvalue weighted by molar-refractivity contribution is -0.153. The first-order valence-electron chi connectivity index (χ1n) is 5.87. The average molecular weight is 342 g/mol. The number of rotatable bonds is 6. The molecule has 0 saturated carbocycles. The van der Waals surface area contributed by atoms with E-state index >= 15 is 0 Å². The van der Waals surface area contributed by atoms with Crippen molar-refractivity contribution >= 4 is 29.9 Å². The molecule has 10 heteroatoms. The zero-order valence-corrected chi connectivity index (χ0v) is 12.1. The van der Waals surface area contributed by atoms with Crippen molar-refractivity contribution in [3.63, 3.8) is 0 Å². The van der Waals surface area contributed by atoms with Crippen LogP contribution in [0.3, 0.4) is 0 Å². The number of anilines is 1. The van der Waals surface area contributed by atoms with Gasteiger partial charge < -0.3 is 21.1 Å². The molecule has 1 aromatic rings. The van der Waals surface area contributed by atoms with Gasteiger partial charge in [-0.25, -0.2) is 0 Å². The summed E-state index contributed by atoms with van der Waals surface area (Å²) < 4.78 is 40.9. The van der Waals surface area contributed by atoms with Crippen molar-refractivity contribution in [1.29, 1.82) is 0 Å². The fourth-order valence-corrected chi connectivity index (χ4v) is 1.30. The Hall–Kier alpha value is -2.00. The van der Waals surface area contributed by atoms with Gasteiger partial charge in [0.1, 0.15) is 5.75 Å². The molecule has 0 unspecified atom stereocenters. The number of ether oxygens (including phenoxy) is 1. The van der Waals surface area contributed by atoms with Gasteiger partial charge in [-0.05, 0) is 12.1 Å². The molecule has 22 heavy (non-hydrogen) atoms. The van der Waals surface area contributed by atoms with Crippen molar-refractivity contribution in [2.75, 3.05) is 25.0 Å². The van der Waals surface area contributed by atoms with Crippen LogP contribution in [0.25, 0.3) is 0 Å². The summed E-state index contributed by atoms with van der Waals surface area (Å²) in [6, 6.07) is 5.67. The van der Waals surface area contributed by atoms with E-state index in [0.717, 1.165) is 0 Å². The van der Waals surface area contributed by atoms with Crippen LogP contribution < -0.4 is 21.1 Å². The molecule has 1 aromatic carbocycles. The van der Waals surface area contributed by atoms with E-state index in [1.54, 1.807) is 0 Å². The van der Waals surface area contributed by atoms with Crippen molar-refractivity contribution in [1.82, 2.24) is 5.32 Å². The first-order chi connectivity index (χ1) is 9.81. The Balaban J connectivity index is 0.00000441. The Kier molecular flexibility index (Phi) is 8.28. The van der Waals surface area contributed by atoms with Crippen molar-refractivity contribution in [3.05, 3.63) is 24.3 Å². The maximum absolute atomic E-state index is 12.1. The molecular weight excluding hydrogens is 327 g/mol. The number of benzene rings is 1. The lowest BCUT2D eigenvalue weighted by Gasteiger charge is -2.13. The molecule has 0 heterocycles. The van der Waals surface area contributed by atoms with Crippen LogP contribution in [0.5, 0.6) is 5.75 Å². The topological polar surface area (TPSA) is 93.5 Å². The van der Waals surface area contributed by atoms with Crippen LogP contribution in [0.4, 0.5) is 18.9 Å². The minimum absolute atomic E-state index is 0. The summed E-state index contributed by atoms with van der Waals surface area (Å²) in [5.41, 5.74) is 5.12. The Morgan fingerprint density at radius 3 is 2.41 bits per heavy atom. The van der Waals surface area contributed by atoms with Crippen molar-refractivity contribution < 1.29 is 27.5 Å². The van der Waals surface area contributed by atoms with E-state index in [-0.39, 0.29) is 36.9 Å². The fraction of sp³-hybridized carbons (Fsp3) is 0.333. The first-order valence-corrected chi connectivity index (χ1v) is 5.87. The molecule has 1 rings (SSSR count). The lowest BCUT2D eigenvalue weighted by Crippen LogP contribution is -2.36. The first kappa shape index (κ1) is 20.0. The van der Waals surface area contributed by atoms with Gasteiger partial charge in [-0.15, -0.1) is 12.4 Å². The largest absolute Gasteiger partial charge is 0.482 e. The molecule has 0 bridgehead atoms. The second-order valence-electron chi connectivity index (χ2n) is 3.93. The number of halogens is 4. The highest BCUT2D eigenvalue weighted by Crippen LogP contribution is 2.26. The number of carbonyl (C=O) groups is 2. The third-order valence-electron chi connectivity index (χ3n) is 2.18. The molecular formula is C12H15ClF3N3O3. The minimum Gasteiger partial charge on any atom is -0.482 e. The molecule has 0 aliphatic heterocycles. The van der Waals surface area contributed by atoms with Gasteiger partial charge in [-0.3, -0.25) is 9.59 Å². The van der Waals surface area contributed by atoms with Crippen LogP contribution in [-0.4, -0.2) is 37.7 Å². The van der Waals surface area contributed by atoms with Gasteiger partial charge in [0.2, 0.25) is 11.8 Å². The zero-order chi connectivity index (χ0) is 15.9. The molecule has 0 aliphatic carbocycles. The van der Waals surface area contributed by atoms with Gasteiger partial charge in [0.25, 0.3) is 0 Å². The molecule has 2 amide bonds. The van der Waals surface area contributed by atoms with Gasteiger partial charge >= 0.3 is 6.18 Å². The summed E-state index contributed by atoms with van der Waals surface area (Å²) in [4.78, 5) is 22.4. The number of hydrogen-bond donors (Lipinski definition) is 3. The number of amides is 2. The van der Waals surface area contributed by atoms with E-state index in [1.165, 1.54) is 24.3 Å². The van der Waals surface area contributed by atoms with Gasteiger partial charge in [0.05, 0.1) is 18.8 Å². The summed E-state index contributed by atoms with van der Waals surface area (Å²) in [6.07, 6.45) is -4.48. The van der Waals surface area contributed by atoms with Crippen LogP contribution in [0, 0.1) is 0 Å². The maximum Gasteiger partial charge on any atom is 0.422 e. The predicted molar refractivity (Wildman–Crippen MR) is 75.9 cm³/mol. The van der Waals surface area contributed by atoms with E-state index in [0.29, 0.717) is 0 Å². The molecule has 0 aliphatic rings. The number of nitrogens with one attached hydrogen (secondary N) is 2. The zero-order valence-electron chi connectivity index (χ0n) is 11.3. The van der Waals surface area contributed by atoms with Crippen molar-refractivity contribution in [2.45, 2.75) is 6.18 Å². The molecule has 124 valence electrons. The van der Waals surface area contributed by atoms with E-state index in [2.05, 4.69) is 15.4 Å². The number of alkyl halides is 3. The molecule has 6 nitrogen and oxygen atoms in total. The quantitative estimate of drug-likeness (QED) is 0.721. The predicted octanol–water partition coefficient (Wildman–Crippen LogP) is 1.06. The van der Waals surface area contributed by atoms with E-state index < -0.39 is 24.6 Å². The van der Waals surface area contributed by atoms with Gasteiger partial charge in [-0.2, -0.15) is 13.2 Å². The number of carbonyl (C=O) groups excluding carboxylic acids is 2. The molecule has 0 radical (unpaired) electrons. The molecule has 0 atom stereocenters. The van der Waals surface area contributed by atoms with Gasteiger partial charge in [0, 0.05) is 0 Å². The lowest BCUT2D eigenvalue weighted by atomic mass is 10.3. The highest BCUT2D eigenvalue weighted by molar-refractivity contribution is 5.95. The van der Waals surface area contributed by atoms with Crippen LogP contribution in [0.15, 0.2) is 24.3 Å². The van der Waals surface area contributed by atoms with Crippen LogP contribution >= 0.6 is 12.4 Å². The van der Waals surface area contributed by atoms with Gasteiger partial charge in [0.15, 0.2) is 6.61 Å². The van der Waals surface area contributed by atoms with E-state index in [1.807, 2.05) is 0 Å². The summed E-state index contributed by atoms with van der Waals surface area (Å²) in [5, 5.41) is 4.57.